The molecule has 2 rings (SSSR count). The Morgan fingerprint density at radius 1 is 1.71 bits per heavy atom. The molecule has 0 spiro atoms. The van der Waals surface area contributed by atoms with Crippen LogP contribution in [0.2, 0.25) is 0 Å². The number of hydrogen-bond acceptors (Lipinski definition) is 3. The predicted molar refractivity (Wildman–Crippen MR) is 55.8 cm³/mol. The molecule has 76 valence electrons. The summed E-state index contributed by atoms with van der Waals surface area (Å²) in [6.07, 6.45) is 6.83. The predicted octanol–water partition coefficient (Wildman–Crippen LogP) is -0.180. The van der Waals surface area contributed by atoms with E-state index in [1.807, 2.05) is 24.1 Å². The van der Waals surface area contributed by atoms with Crippen molar-refractivity contribution in [2.75, 3.05) is 13.1 Å². The van der Waals surface area contributed by atoms with Crippen LogP contribution in [0.5, 0.6) is 0 Å². The normalized spacial score (nSPS) is 22.1. The zero-order chi connectivity index (χ0) is 9.97. The van der Waals surface area contributed by atoms with Gasteiger partial charge in [0.15, 0.2) is 0 Å². The van der Waals surface area contributed by atoms with E-state index in [1.54, 1.807) is 0 Å². The van der Waals surface area contributed by atoms with Gasteiger partial charge in [0.25, 0.3) is 0 Å². The number of nitrogens with one attached hydrogen (secondary N) is 1. The lowest BCUT2D eigenvalue weighted by atomic mass is 10.0. The molecule has 4 nitrogen and oxygen atoms in total. The summed E-state index contributed by atoms with van der Waals surface area (Å²) in [6.45, 7) is 1.83. The summed E-state index contributed by atoms with van der Waals surface area (Å²) in [6, 6.07) is 0.159. The highest BCUT2D eigenvalue weighted by molar-refractivity contribution is 5.19. The van der Waals surface area contributed by atoms with Crippen molar-refractivity contribution in [3.63, 3.8) is 0 Å². The van der Waals surface area contributed by atoms with Crippen LogP contribution in [-0.4, -0.2) is 28.7 Å². The standard InChI is InChI=1S/C10H16N4/c1-14-7-13-6-10(14)3-8-2-9(11)5-12-4-8/h2,6-7,9,12H,3-5,11H2,1H3. The highest BCUT2D eigenvalue weighted by atomic mass is 15.0. The Labute approximate surface area is 83.8 Å². The number of nitrogens with two attached hydrogens (primary N) is 1. The molecule has 1 aromatic rings. The van der Waals surface area contributed by atoms with Crippen molar-refractivity contribution in [2.24, 2.45) is 12.8 Å². The first-order valence-corrected chi connectivity index (χ1v) is 4.87. The van der Waals surface area contributed by atoms with E-state index in [4.69, 9.17) is 5.73 Å². The topological polar surface area (TPSA) is 55.9 Å². The van der Waals surface area contributed by atoms with E-state index in [0.29, 0.717) is 0 Å². The Bertz CT molecular complexity index is 340. The Kier molecular flexibility index (Phi) is 2.65. The third-order valence-electron chi connectivity index (χ3n) is 2.51. The van der Waals surface area contributed by atoms with Gasteiger partial charge in [-0.25, -0.2) is 4.98 Å². The van der Waals surface area contributed by atoms with Crippen molar-refractivity contribution in [1.29, 1.82) is 0 Å². The minimum atomic E-state index is 0.159. The molecule has 4 heteroatoms. The maximum absolute atomic E-state index is 5.83. The average molecular weight is 192 g/mol. The van der Waals surface area contributed by atoms with Crippen molar-refractivity contribution < 1.29 is 0 Å². The first kappa shape index (κ1) is 9.43. The maximum Gasteiger partial charge on any atom is 0.0945 e. The number of nitrogens with zero attached hydrogens (tertiary/aromatic N) is 2. The van der Waals surface area contributed by atoms with E-state index in [-0.39, 0.29) is 6.04 Å². The molecular formula is C10H16N4. The summed E-state index contributed by atoms with van der Waals surface area (Å²) in [4.78, 5) is 4.09. The highest BCUT2D eigenvalue weighted by Crippen LogP contribution is 2.09. The van der Waals surface area contributed by atoms with Gasteiger partial charge in [-0.05, 0) is 0 Å². The quantitative estimate of drug-likeness (QED) is 0.639. The molecule has 0 bridgehead atoms. The maximum atomic E-state index is 5.83. The molecule has 3 N–H and O–H groups in total. The summed E-state index contributed by atoms with van der Waals surface area (Å²) in [7, 11) is 2.01. The largest absolute Gasteiger partial charge is 0.337 e. The molecule has 0 fully saturated rings. The lowest BCUT2D eigenvalue weighted by molar-refractivity contribution is 0.623. The van der Waals surface area contributed by atoms with Crippen LogP contribution in [-0.2, 0) is 13.5 Å². The molecule has 14 heavy (non-hydrogen) atoms. The molecule has 0 radical (unpaired) electrons. The molecule has 1 unspecified atom stereocenters. The number of aromatic nitrogens is 2. The van der Waals surface area contributed by atoms with E-state index in [0.717, 1.165) is 19.5 Å². The Morgan fingerprint density at radius 2 is 2.57 bits per heavy atom. The second kappa shape index (κ2) is 3.94. The Balaban J connectivity index is 2.07. The summed E-state index contributed by atoms with van der Waals surface area (Å²) in [5, 5.41) is 3.29. The van der Waals surface area contributed by atoms with Crippen LogP contribution in [0.15, 0.2) is 24.2 Å². The van der Waals surface area contributed by atoms with Gasteiger partial charge in [0.1, 0.15) is 0 Å². The first-order chi connectivity index (χ1) is 6.75. The monoisotopic (exact) mass is 192 g/mol. The van der Waals surface area contributed by atoms with Crippen molar-refractivity contribution >= 4 is 0 Å². The summed E-state index contributed by atoms with van der Waals surface area (Å²) in [5.41, 5.74) is 8.41. The van der Waals surface area contributed by atoms with Crippen LogP contribution in [0.25, 0.3) is 0 Å². The van der Waals surface area contributed by atoms with E-state index in [1.165, 1.54) is 11.3 Å². The zero-order valence-corrected chi connectivity index (χ0v) is 8.40. The first-order valence-electron chi connectivity index (χ1n) is 4.87. The van der Waals surface area contributed by atoms with E-state index in [9.17, 15) is 0 Å². The van der Waals surface area contributed by atoms with Crippen LogP contribution in [0.4, 0.5) is 0 Å². The smallest absolute Gasteiger partial charge is 0.0945 e. The van der Waals surface area contributed by atoms with Gasteiger partial charge in [-0.15, -0.1) is 0 Å². The summed E-state index contributed by atoms with van der Waals surface area (Å²) >= 11 is 0. The van der Waals surface area contributed by atoms with E-state index >= 15 is 0 Å². The highest BCUT2D eigenvalue weighted by Gasteiger charge is 2.10. The minimum Gasteiger partial charge on any atom is -0.337 e. The molecule has 0 aliphatic carbocycles. The molecule has 0 aromatic carbocycles. The molecule has 1 aliphatic rings. The second-order valence-corrected chi connectivity index (χ2v) is 3.79. The van der Waals surface area contributed by atoms with Crippen LogP contribution in [0.3, 0.4) is 0 Å². The molecule has 1 aliphatic heterocycles. The van der Waals surface area contributed by atoms with Crippen LogP contribution >= 0.6 is 0 Å². The van der Waals surface area contributed by atoms with Gasteiger partial charge in [0.05, 0.1) is 6.33 Å². The molecule has 0 amide bonds. The van der Waals surface area contributed by atoms with Crippen molar-refractivity contribution in [2.45, 2.75) is 12.5 Å². The van der Waals surface area contributed by atoms with Crippen LogP contribution in [0.1, 0.15) is 5.69 Å². The molecule has 1 aromatic heterocycles. The van der Waals surface area contributed by atoms with Gasteiger partial charge in [-0.1, -0.05) is 11.6 Å². The Hall–Kier alpha value is -1.13. The average Bonchev–Trinajstić information content (AvgIpc) is 2.52. The summed E-state index contributed by atoms with van der Waals surface area (Å²) < 4.78 is 2.04. The summed E-state index contributed by atoms with van der Waals surface area (Å²) in [5.74, 6) is 0. The van der Waals surface area contributed by atoms with Gasteiger partial charge in [0, 0.05) is 44.5 Å². The zero-order valence-electron chi connectivity index (χ0n) is 8.40. The van der Waals surface area contributed by atoms with Gasteiger partial charge in [-0.3, -0.25) is 0 Å². The fourth-order valence-corrected chi connectivity index (χ4v) is 1.73. The lowest BCUT2D eigenvalue weighted by Crippen LogP contribution is -2.38. The van der Waals surface area contributed by atoms with Gasteiger partial charge in [-0.2, -0.15) is 0 Å². The fourth-order valence-electron chi connectivity index (χ4n) is 1.73. The van der Waals surface area contributed by atoms with Gasteiger partial charge in [0.2, 0.25) is 0 Å². The molecule has 0 saturated heterocycles. The number of imidazole rings is 1. The fraction of sp³-hybridized carbons (Fsp3) is 0.500. The second-order valence-electron chi connectivity index (χ2n) is 3.79. The van der Waals surface area contributed by atoms with Crippen LogP contribution < -0.4 is 11.1 Å². The van der Waals surface area contributed by atoms with Crippen molar-refractivity contribution in [1.82, 2.24) is 14.9 Å². The van der Waals surface area contributed by atoms with E-state index in [2.05, 4.69) is 16.4 Å². The number of hydrogen-bond donors (Lipinski definition) is 2. The van der Waals surface area contributed by atoms with E-state index < -0.39 is 0 Å². The third-order valence-corrected chi connectivity index (χ3v) is 2.51. The molecule has 2 heterocycles. The lowest BCUT2D eigenvalue weighted by Gasteiger charge is -2.19. The third kappa shape index (κ3) is 2.02. The number of aryl methyl sites for hydroxylation is 1. The van der Waals surface area contributed by atoms with Crippen molar-refractivity contribution in [3.05, 3.63) is 29.9 Å². The minimum absolute atomic E-state index is 0.159. The molecule has 0 saturated carbocycles. The van der Waals surface area contributed by atoms with Gasteiger partial charge < -0.3 is 15.6 Å². The van der Waals surface area contributed by atoms with Crippen LogP contribution in [0, 0.1) is 0 Å². The SMILES string of the molecule is Cn1cncc1CC1=CC(N)CNC1. The van der Waals surface area contributed by atoms with Gasteiger partial charge >= 0.3 is 0 Å². The molecular weight excluding hydrogens is 176 g/mol. The number of rotatable bonds is 2. The molecule has 1 atom stereocenters. The van der Waals surface area contributed by atoms with Crippen molar-refractivity contribution in [3.8, 4) is 0 Å². The Morgan fingerprint density at radius 3 is 3.21 bits per heavy atom.